The van der Waals surface area contributed by atoms with Crippen molar-refractivity contribution >= 4 is 52.3 Å². The minimum atomic E-state index is -1.50. The van der Waals surface area contributed by atoms with Crippen molar-refractivity contribution in [3.8, 4) is 17.2 Å². The van der Waals surface area contributed by atoms with Crippen LogP contribution in [0.4, 0.5) is 17.1 Å². The second kappa shape index (κ2) is 13.8. The number of hydrogen-bond acceptors (Lipinski definition) is 9. The molecule has 0 spiro atoms. The zero-order valence-electron chi connectivity index (χ0n) is 30.9. The number of anilines is 3. The van der Waals surface area contributed by atoms with Gasteiger partial charge in [0.2, 0.25) is 29.4 Å². The molecule has 0 aromatic heterocycles. The van der Waals surface area contributed by atoms with E-state index in [1.165, 1.54) is 24.0 Å². The molecule has 5 aliphatic rings. The lowest BCUT2D eigenvalue weighted by atomic mass is 9.49. The molecular formula is C44H40ClN3O8. The van der Waals surface area contributed by atoms with Gasteiger partial charge in [-0.05, 0) is 84.5 Å². The molecule has 6 atom stereocenters. The Morgan fingerprint density at radius 3 is 2.09 bits per heavy atom. The number of rotatable bonds is 7. The molecule has 4 fully saturated rings. The number of methoxy groups -OCH3 is 2. The lowest BCUT2D eigenvalue weighted by Gasteiger charge is -2.50. The van der Waals surface area contributed by atoms with Crippen molar-refractivity contribution in [1.29, 1.82) is 0 Å². The fourth-order valence-electron chi connectivity index (χ4n) is 10.1. The van der Waals surface area contributed by atoms with Crippen LogP contribution < -0.4 is 24.2 Å². The maximum atomic E-state index is 15.5. The van der Waals surface area contributed by atoms with Gasteiger partial charge in [0.15, 0.2) is 11.5 Å². The average Bonchev–Trinajstić information content (AvgIpc) is 3.62. The maximum absolute atomic E-state index is 15.5. The molecule has 4 aromatic carbocycles. The number of fused-ring (bicyclic) bond motifs is 4. The first-order valence-electron chi connectivity index (χ1n) is 18.8. The maximum Gasteiger partial charge on any atom is 0.246 e. The Hall–Kier alpha value is -5.65. The fraction of sp³-hybridized carbons (Fsp3) is 0.318. The summed E-state index contributed by atoms with van der Waals surface area (Å²) in [7, 11) is 2.86. The van der Waals surface area contributed by atoms with Crippen molar-refractivity contribution in [2.45, 2.75) is 24.2 Å². The van der Waals surface area contributed by atoms with E-state index in [1.807, 2.05) is 60.7 Å². The van der Waals surface area contributed by atoms with Crippen molar-refractivity contribution in [1.82, 2.24) is 0 Å². The molecule has 0 radical (unpaired) electrons. The number of morpholine rings is 1. The van der Waals surface area contributed by atoms with E-state index in [9.17, 15) is 14.7 Å². The zero-order chi connectivity index (χ0) is 38.9. The second-order valence-corrected chi connectivity index (χ2v) is 15.4. The largest absolute Gasteiger partial charge is 0.502 e. The highest BCUT2D eigenvalue weighted by Gasteiger charge is 2.70. The molecule has 12 heteroatoms. The summed E-state index contributed by atoms with van der Waals surface area (Å²) in [5.74, 6) is -5.21. The molecule has 1 N–H and O–H groups in total. The van der Waals surface area contributed by atoms with Crippen LogP contribution in [0.5, 0.6) is 17.2 Å². The minimum Gasteiger partial charge on any atom is -0.502 e. The van der Waals surface area contributed by atoms with Crippen LogP contribution in [0.2, 0.25) is 5.02 Å². The van der Waals surface area contributed by atoms with Gasteiger partial charge < -0.3 is 24.2 Å². The van der Waals surface area contributed by atoms with Gasteiger partial charge in [0.1, 0.15) is 0 Å². The van der Waals surface area contributed by atoms with Crippen LogP contribution in [-0.2, 0) is 29.3 Å². The van der Waals surface area contributed by atoms with Crippen LogP contribution >= 0.6 is 11.6 Å². The topological polar surface area (TPSA) is 126 Å². The summed E-state index contributed by atoms with van der Waals surface area (Å²) in [5.41, 5.74) is 2.28. The van der Waals surface area contributed by atoms with E-state index in [0.29, 0.717) is 40.7 Å². The lowest BCUT2D eigenvalue weighted by molar-refractivity contribution is -0.127. The molecule has 4 aromatic rings. The van der Waals surface area contributed by atoms with E-state index in [1.54, 1.807) is 36.4 Å². The molecule has 1 saturated carbocycles. The fourth-order valence-corrected chi connectivity index (χ4v) is 10.3. The van der Waals surface area contributed by atoms with Crippen molar-refractivity contribution < 1.29 is 38.5 Å². The monoisotopic (exact) mass is 773 g/mol. The van der Waals surface area contributed by atoms with E-state index < -0.39 is 46.8 Å². The molecule has 4 amide bonds. The quantitative estimate of drug-likeness (QED) is 0.171. The summed E-state index contributed by atoms with van der Waals surface area (Å²) in [4.78, 5) is 64.4. The number of hydrogen-bond donors (Lipinski definition) is 1. The van der Waals surface area contributed by atoms with Crippen molar-refractivity contribution in [2.24, 2.45) is 23.7 Å². The van der Waals surface area contributed by atoms with E-state index in [4.69, 9.17) is 25.8 Å². The van der Waals surface area contributed by atoms with Crippen molar-refractivity contribution in [3.63, 3.8) is 0 Å². The number of halogens is 1. The normalized spacial score (nSPS) is 27.2. The van der Waals surface area contributed by atoms with Gasteiger partial charge in [0.25, 0.3) is 0 Å². The third-order valence-corrected chi connectivity index (χ3v) is 12.7. The highest BCUT2D eigenvalue weighted by molar-refractivity contribution is 6.32. The molecule has 9 rings (SSSR count). The van der Waals surface area contributed by atoms with Gasteiger partial charge in [-0.1, -0.05) is 59.6 Å². The van der Waals surface area contributed by atoms with Crippen LogP contribution in [0.3, 0.4) is 0 Å². The molecule has 11 nitrogen and oxygen atoms in total. The second-order valence-electron chi connectivity index (χ2n) is 15.0. The first-order chi connectivity index (χ1) is 27.2. The number of amides is 4. The summed E-state index contributed by atoms with van der Waals surface area (Å²) in [6.45, 7) is 2.77. The van der Waals surface area contributed by atoms with E-state index in [0.717, 1.165) is 24.4 Å². The number of aromatic hydroxyl groups is 1. The number of ether oxygens (including phenoxy) is 3. The van der Waals surface area contributed by atoms with Gasteiger partial charge in [0.05, 0.1) is 62.0 Å². The van der Waals surface area contributed by atoms with Crippen LogP contribution in [0.15, 0.2) is 103 Å². The number of allylic oxidation sites excluding steroid dienone is 2. The summed E-state index contributed by atoms with van der Waals surface area (Å²) < 4.78 is 16.8. The molecule has 3 aliphatic heterocycles. The Labute approximate surface area is 329 Å². The Bertz CT molecular complexity index is 2270. The zero-order valence-corrected chi connectivity index (χ0v) is 31.6. The van der Waals surface area contributed by atoms with Crippen LogP contribution in [0, 0.1) is 23.7 Å². The standard InChI is InChI=1S/C44H40ClN3O8/c1-54-35-21-25(22-36(55-2)39(35)49)38-31-15-16-32-37(42(52)47(40(32)50)29-13-11-28(12-14-29)46-17-19-56-20-18-46)33(31)24-34-41(51)48(30-10-6-9-27(45)23-30)43(53)44(34,38)26-7-4-3-5-8-26/h3-15,21-23,32-34,37-38,49H,16-20,24H2,1-2H3. The van der Waals surface area contributed by atoms with E-state index in [-0.39, 0.29) is 41.9 Å². The summed E-state index contributed by atoms with van der Waals surface area (Å²) in [6, 6.07) is 26.7. The molecule has 0 bridgehead atoms. The Kier molecular flexibility index (Phi) is 8.89. The molecule has 3 saturated heterocycles. The summed E-state index contributed by atoms with van der Waals surface area (Å²) in [5, 5.41) is 11.4. The van der Waals surface area contributed by atoms with E-state index >= 15 is 9.59 Å². The molecule has 286 valence electrons. The number of carbonyl (C=O) groups excluding carboxylic acids is 4. The van der Waals surface area contributed by atoms with Crippen LogP contribution in [-0.4, -0.2) is 69.3 Å². The first kappa shape index (κ1) is 36.0. The Morgan fingerprint density at radius 2 is 1.43 bits per heavy atom. The number of phenols is 1. The van der Waals surface area contributed by atoms with Gasteiger partial charge in [-0.3, -0.25) is 24.1 Å². The molecule has 6 unspecified atom stereocenters. The third kappa shape index (κ3) is 5.28. The lowest BCUT2D eigenvalue weighted by Crippen LogP contribution is -2.53. The van der Waals surface area contributed by atoms with Crippen molar-refractivity contribution in [3.05, 3.63) is 119 Å². The Morgan fingerprint density at radius 1 is 0.750 bits per heavy atom. The number of nitrogens with zero attached hydrogens (tertiary/aromatic N) is 3. The van der Waals surface area contributed by atoms with E-state index in [2.05, 4.69) is 4.90 Å². The predicted molar refractivity (Wildman–Crippen MR) is 209 cm³/mol. The smallest absolute Gasteiger partial charge is 0.246 e. The van der Waals surface area contributed by atoms with Gasteiger partial charge in [-0.15, -0.1) is 0 Å². The van der Waals surface area contributed by atoms with Gasteiger partial charge in [-0.25, -0.2) is 4.90 Å². The van der Waals surface area contributed by atoms with Crippen molar-refractivity contribution in [2.75, 3.05) is 55.2 Å². The number of phenolic OH excluding ortho intramolecular Hbond substituents is 1. The third-order valence-electron chi connectivity index (χ3n) is 12.5. The van der Waals surface area contributed by atoms with Gasteiger partial charge >= 0.3 is 0 Å². The Balaban J connectivity index is 1.21. The molecular weight excluding hydrogens is 734 g/mol. The van der Waals surface area contributed by atoms with Crippen LogP contribution in [0.1, 0.15) is 29.9 Å². The van der Waals surface area contributed by atoms with Gasteiger partial charge in [0, 0.05) is 29.7 Å². The molecule has 56 heavy (non-hydrogen) atoms. The number of benzene rings is 4. The predicted octanol–water partition coefficient (Wildman–Crippen LogP) is 6.27. The number of carbonyl (C=O) groups is 4. The first-order valence-corrected chi connectivity index (χ1v) is 19.2. The summed E-state index contributed by atoms with van der Waals surface area (Å²) >= 11 is 6.44. The van der Waals surface area contributed by atoms with Crippen LogP contribution in [0.25, 0.3) is 0 Å². The summed E-state index contributed by atoms with van der Waals surface area (Å²) in [6.07, 6.45) is 2.41. The molecule has 2 aliphatic carbocycles. The highest BCUT2D eigenvalue weighted by atomic mass is 35.5. The van der Waals surface area contributed by atoms with Gasteiger partial charge in [-0.2, -0.15) is 0 Å². The highest BCUT2D eigenvalue weighted by Crippen LogP contribution is 2.65. The molecule has 3 heterocycles. The average molecular weight is 774 g/mol. The minimum absolute atomic E-state index is 0.123. The SMILES string of the molecule is COc1cc(C2C3=CCC4C(=O)N(c5ccc(N6CCOCC6)cc5)C(=O)C4C3CC3C(=O)N(c4cccc(Cl)c4)C(=O)C32c2ccccc2)cc(OC)c1O. The number of imide groups is 2.